The lowest BCUT2D eigenvalue weighted by Crippen LogP contribution is -2.19. The van der Waals surface area contributed by atoms with E-state index in [1.165, 1.54) is 6.42 Å². The highest BCUT2D eigenvalue weighted by molar-refractivity contribution is 5.89. The Balaban J connectivity index is 0.000000424. The molecule has 0 aliphatic carbocycles. The molecule has 0 atom stereocenters. The van der Waals surface area contributed by atoms with Gasteiger partial charge in [0.25, 0.3) is 0 Å². The van der Waals surface area contributed by atoms with Crippen molar-refractivity contribution < 1.29 is 9.47 Å². The van der Waals surface area contributed by atoms with Crippen LogP contribution in [-0.4, -0.2) is 39.1 Å². The van der Waals surface area contributed by atoms with Gasteiger partial charge in [0.1, 0.15) is 13.1 Å². The van der Waals surface area contributed by atoms with Crippen LogP contribution in [0.5, 0.6) is 0 Å². The van der Waals surface area contributed by atoms with Gasteiger partial charge in [0.05, 0.1) is 14.2 Å². The third kappa shape index (κ3) is 5.22. The minimum atomic E-state index is 0.500. The third-order valence-corrected chi connectivity index (χ3v) is 1.25. The fourth-order valence-corrected chi connectivity index (χ4v) is 0.670. The molecule has 0 saturated heterocycles. The van der Waals surface area contributed by atoms with E-state index >= 15 is 0 Å². The van der Waals surface area contributed by atoms with Crippen molar-refractivity contribution in [2.24, 2.45) is 9.98 Å². The van der Waals surface area contributed by atoms with Crippen molar-refractivity contribution in [1.29, 1.82) is 0 Å². The summed E-state index contributed by atoms with van der Waals surface area (Å²) in [6.07, 6.45) is 1.25. The van der Waals surface area contributed by atoms with Gasteiger partial charge in [-0.15, -0.1) is 0 Å². The number of hydrogen-bond acceptors (Lipinski definition) is 4. The summed E-state index contributed by atoms with van der Waals surface area (Å²) in [5.41, 5.74) is 0. The van der Waals surface area contributed by atoms with Gasteiger partial charge in [0.2, 0.25) is 11.8 Å². The molecule has 4 heteroatoms. The predicted molar refractivity (Wildman–Crippen MR) is 54.6 cm³/mol. The van der Waals surface area contributed by atoms with Crippen molar-refractivity contribution in [1.82, 2.24) is 0 Å². The summed E-state index contributed by atoms with van der Waals surface area (Å²) >= 11 is 0. The number of aliphatic imine (C=N–C) groups is 2. The van der Waals surface area contributed by atoms with Gasteiger partial charge in [-0.1, -0.05) is 20.3 Å². The quantitative estimate of drug-likeness (QED) is 0.575. The average Bonchev–Trinajstić information content (AvgIpc) is 2.19. The Morgan fingerprint density at radius 2 is 1.31 bits per heavy atom. The number of hydrogen-bond donors (Lipinski definition) is 0. The summed E-state index contributed by atoms with van der Waals surface area (Å²) < 4.78 is 9.74. The maximum absolute atomic E-state index is 4.87. The second kappa shape index (κ2) is 7.58. The molecule has 0 amide bonds. The Morgan fingerprint density at radius 1 is 1.00 bits per heavy atom. The molecule has 0 saturated carbocycles. The van der Waals surface area contributed by atoms with Gasteiger partial charge in [-0.2, -0.15) is 0 Å². The first-order valence-corrected chi connectivity index (χ1v) is 4.43. The van der Waals surface area contributed by atoms with E-state index in [1.807, 2.05) is 0 Å². The van der Waals surface area contributed by atoms with Crippen molar-refractivity contribution in [3.63, 3.8) is 0 Å². The first-order chi connectivity index (χ1) is 6.28. The average molecular weight is 186 g/mol. The van der Waals surface area contributed by atoms with E-state index in [2.05, 4.69) is 23.8 Å². The lowest BCUT2D eigenvalue weighted by molar-refractivity contribution is 0.374. The predicted octanol–water partition coefficient (Wildman–Crippen LogP) is 1.51. The minimum absolute atomic E-state index is 0.500. The molecule has 0 unspecified atom stereocenters. The van der Waals surface area contributed by atoms with Crippen molar-refractivity contribution in [2.45, 2.75) is 20.3 Å². The van der Waals surface area contributed by atoms with Crippen LogP contribution >= 0.6 is 0 Å². The molecule has 1 aliphatic rings. The zero-order chi connectivity index (χ0) is 10.1. The number of ether oxygens (including phenoxy) is 2. The van der Waals surface area contributed by atoms with Gasteiger partial charge in [0.15, 0.2) is 0 Å². The second-order valence-electron chi connectivity index (χ2n) is 2.54. The second-order valence-corrected chi connectivity index (χ2v) is 2.54. The number of rotatable bonds is 0. The molecule has 13 heavy (non-hydrogen) atoms. The van der Waals surface area contributed by atoms with Gasteiger partial charge in [0, 0.05) is 0 Å². The monoisotopic (exact) mass is 186 g/mol. The molecular formula is C9H18N2O2. The SMILES string of the molecule is CCC.COC1=NCC(OC)=NC1. The third-order valence-electron chi connectivity index (χ3n) is 1.25. The summed E-state index contributed by atoms with van der Waals surface area (Å²) in [6.45, 7) is 5.25. The molecule has 76 valence electrons. The van der Waals surface area contributed by atoms with Crippen LogP contribution in [-0.2, 0) is 9.47 Å². The van der Waals surface area contributed by atoms with E-state index in [-0.39, 0.29) is 0 Å². The first kappa shape index (κ1) is 11.9. The van der Waals surface area contributed by atoms with E-state index in [0.717, 1.165) is 0 Å². The summed E-state index contributed by atoms with van der Waals surface area (Å²) in [7, 11) is 3.18. The van der Waals surface area contributed by atoms with E-state index in [0.29, 0.717) is 24.9 Å². The Bertz CT molecular complexity index is 168. The van der Waals surface area contributed by atoms with E-state index in [1.54, 1.807) is 14.2 Å². The van der Waals surface area contributed by atoms with Crippen LogP contribution in [0.2, 0.25) is 0 Å². The van der Waals surface area contributed by atoms with Crippen LogP contribution in [0.15, 0.2) is 9.98 Å². The fourth-order valence-electron chi connectivity index (χ4n) is 0.670. The highest BCUT2D eigenvalue weighted by Crippen LogP contribution is 1.93. The van der Waals surface area contributed by atoms with Crippen LogP contribution in [0.1, 0.15) is 20.3 Å². The van der Waals surface area contributed by atoms with Crippen molar-refractivity contribution >= 4 is 11.8 Å². The van der Waals surface area contributed by atoms with Gasteiger partial charge >= 0.3 is 0 Å². The van der Waals surface area contributed by atoms with E-state index in [4.69, 9.17) is 9.47 Å². The Hall–Kier alpha value is -1.06. The van der Waals surface area contributed by atoms with Gasteiger partial charge < -0.3 is 9.47 Å². The molecular weight excluding hydrogens is 168 g/mol. The molecule has 1 heterocycles. The van der Waals surface area contributed by atoms with Crippen molar-refractivity contribution in [3.05, 3.63) is 0 Å². The topological polar surface area (TPSA) is 43.2 Å². The van der Waals surface area contributed by atoms with Crippen LogP contribution < -0.4 is 0 Å². The van der Waals surface area contributed by atoms with E-state index in [9.17, 15) is 0 Å². The van der Waals surface area contributed by atoms with Crippen molar-refractivity contribution in [2.75, 3.05) is 27.3 Å². The molecule has 1 aliphatic heterocycles. The summed E-state index contributed by atoms with van der Waals surface area (Å²) in [5, 5.41) is 0. The van der Waals surface area contributed by atoms with Crippen LogP contribution in [0.25, 0.3) is 0 Å². The molecule has 0 bridgehead atoms. The fraction of sp³-hybridized carbons (Fsp3) is 0.778. The van der Waals surface area contributed by atoms with Gasteiger partial charge in [-0.3, -0.25) is 0 Å². The van der Waals surface area contributed by atoms with Crippen LogP contribution in [0.4, 0.5) is 0 Å². The number of methoxy groups -OCH3 is 2. The Kier molecular flexibility index (Phi) is 6.96. The molecule has 0 radical (unpaired) electrons. The van der Waals surface area contributed by atoms with Crippen LogP contribution in [0, 0.1) is 0 Å². The van der Waals surface area contributed by atoms with Gasteiger partial charge in [-0.05, 0) is 0 Å². The highest BCUT2D eigenvalue weighted by Gasteiger charge is 2.06. The number of nitrogens with zero attached hydrogens (tertiary/aromatic N) is 2. The molecule has 0 fully saturated rings. The van der Waals surface area contributed by atoms with Crippen LogP contribution in [0.3, 0.4) is 0 Å². The van der Waals surface area contributed by atoms with E-state index < -0.39 is 0 Å². The smallest absolute Gasteiger partial charge is 0.205 e. The standard InChI is InChI=1S/C6H10N2O2.C3H8/c1-9-5-3-8-6(10-2)4-7-5;1-3-2/h3-4H2,1-2H3;3H2,1-2H3. The lowest BCUT2D eigenvalue weighted by Gasteiger charge is -2.09. The maximum atomic E-state index is 4.87. The molecule has 0 spiro atoms. The lowest BCUT2D eigenvalue weighted by atomic mass is 10.5. The molecule has 4 nitrogen and oxygen atoms in total. The summed E-state index contributed by atoms with van der Waals surface area (Å²) in [4.78, 5) is 8.08. The first-order valence-electron chi connectivity index (χ1n) is 4.43. The Morgan fingerprint density at radius 3 is 1.46 bits per heavy atom. The zero-order valence-corrected chi connectivity index (χ0v) is 8.83. The largest absolute Gasteiger partial charge is 0.483 e. The molecule has 0 aromatic heterocycles. The zero-order valence-electron chi connectivity index (χ0n) is 8.83. The summed E-state index contributed by atoms with van der Waals surface area (Å²) in [5.74, 6) is 1.33. The molecule has 0 aromatic carbocycles. The molecule has 1 rings (SSSR count). The highest BCUT2D eigenvalue weighted by atomic mass is 16.5. The molecule has 0 N–H and O–H groups in total. The maximum Gasteiger partial charge on any atom is 0.205 e. The van der Waals surface area contributed by atoms with Gasteiger partial charge in [-0.25, -0.2) is 9.98 Å². The van der Waals surface area contributed by atoms with Crippen molar-refractivity contribution in [3.8, 4) is 0 Å². The Labute approximate surface area is 79.7 Å². The normalized spacial score (nSPS) is 14.8. The summed E-state index contributed by atoms with van der Waals surface area (Å²) in [6, 6.07) is 0. The molecule has 0 aromatic rings. The minimum Gasteiger partial charge on any atom is -0.483 e.